The van der Waals surface area contributed by atoms with Crippen LogP contribution in [0.25, 0.3) is 0 Å². The number of carbonyl (C=O) groups excluding carboxylic acids is 1. The van der Waals surface area contributed by atoms with Crippen LogP contribution in [0.15, 0.2) is 24.3 Å². The van der Waals surface area contributed by atoms with Gasteiger partial charge in [-0.3, -0.25) is 4.79 Å². The minimum Gasteiger partial charge on any atom is -0.469 e. The van der Waals surface area contributed by atoms with Gasteiger partial charge in [-0.25, -0.2) is 0 Å². The van der Waals surface area contributed by atoms with Gasteiger partial charge in [0.1, 0.15) is 0 Å². The zero-order valence-electron chi connectivity index (χ0n) is 10.1. The average molecular weight is 278 g/mol. The maximum absolute atomic E-state index is 11.6. The van der Waals surface area contributed by atoms with Gasteiger partial charge in [-0.15, -0.1) is 12.4 Å². The maximum Gasteiger partial charge on any atom is 0.313 e. The fourth-order valence-corrected chi connectivity index (χ4v) is 1.76. The molecule has 17 heavy (non-hydrogen) atoms. The quantitative estimate of drug-likeness (QED) is 0.865. The van der Waals surface area contributed by atoms with Crippen LogP contribution in [0.5, 0.6) is 0 Å². The number of methoxy groups -OCH3 is 1. The standard InChI is InChI=1S/C12H16ClNO2.ClH/c1-12(2,11(15)16-3)10(14)8-6-4-5-7-9(8)13;/h4-7,10H,14H2,1-3H3;1H/t10-;/m0./s1. The van der Waals surface area contributed by atoms with Crippen molar-refractivity contribution in [2.45, 2.75) is 19.9 Å². The first-order valence-corrected chi connectivity index (χ1v) is 5.37. The highest BCUT2D eigenvalue weighted by molar-refractivity contribution is 6.31. The molecule has 0 unspecified atom stereocenters. The molecular weight excluding hydrogens is 261 g/mol. The van der Waals surface area contributed by atoms with E-state index in [1.807, 2.05) is 18.2 Å². The minimum atomic E-state index is -0.806. The normalized spacial score (nSPS) is 12.5. The molecule has 0 saturated carbocycles. The first-order valence-electron chi connectivity index (χ1n) is 4.99. The van der Waals surface area contributed by atoms with Crippen LogP contribution in [0.4, 0.5) is 0 Å². The van der Waals surface area contributed by atoms with Crippen molar-refractivity contribution < 1.29 is 9.53 Å². The summed E-state index contributed by atoms with van der Waals surface area (Å²) in [7, 11) is 1.35. The number of nitrogens with two attached hydrogens (primary N) is 1. The molecule has 0 aliphatic heterocycles. The second-order valence-corrected chi connectivity index (χ2v) is 4.62. The Morgan fingerprint density at radius 3 is 2.41 bits per heavy atom. The van der Waals surface area contributed by atoms with Crippen molar-refractivity contribution in [1.29, 1.82) is 0 Å². The van der Waals surface area contributed by atoms with E-state index in [4.69, 9.17) is 22.1 Å². The summed E-state index contributed by atoms with van der Waals surface area (Å²) >= 11 is 6.04. The first kappa shape index (κ1) is 16.2. The summed E-state index contributed by atoms with van der Waals surface area (Å²) < 4.78 is 4.74. The molecule has 1 rings (SSSR count). The molecule has 1 aromatic carbocycles. The smallest absolute Gasteiger partial charge is 0.313 e. The van der Waals surface area contributed by atoms with Crippen LogP contribution in [0.1, 0.15) is 25.5 Å². The van der Waals surface area contributed by atoms with Gasteiger partial charge in [-0.1, -0.05) is 29.8 Å². The predicted octanol–water partition coefficient (Wildman–Crippen LogP) is 2.96. The highest BCUT2D eigenvalue weighted by Crippen LogP contribution is 2.35. The zero-order valence-corrected chi connectivity index (χ0v) is 11.6. The number of esters is 1. The number of hydrogen-bond donors (Lipinski definition) is 1. The maximum atomic E-state index is 11.6. The third-order valence-electron chi connectivity index (χ3n) is 2.73. The lowest BCUT2D eigenvalue weighted by Crippen LogP contribution is -2.37. The minimum absolute atomic E-state index is 0. The van der Waals surface area contributed by atoms with Gasteiger partial charge in [0.25, 0.3) is 0 Å². The van der Waals surface area contributed by atoms with Crippen LogP contribution in [0, 0.1) is 5.41 Å². The van der Waals surface area contributed by atoms with Crippen molar-refractivity contribution in [1.82, 2.24) is 0 Å². The van der Waals surface area contributed by atoms with E-state index in [-0.39, 0.29) is 18.4 Å². The number of hydrogen-bond acceptors (Lipinski definition) is 3. The van der Waals surface area contributed by atoms with E-state index in [9.17, 15) is 4.79 Å². The van der Waals surface area contributed by atoms with Gasteiger partial charge in [-0.2, -0.15) is 0 Å². The summed E-state index contributed by atoms with van der Waals surface area (Å²) in [6.45, 7) is 3.49. The monoisotopic (exact) mass is 277 g/mol. The van der Waals surface area contributed by atoms with Gasteiger partial charge in [0.05, 0.1) is 12.5 Å². The summed E-state index contributed by atoms with van der Waals surface area (Å²) in [5.41, 5.74) is 6.01. The molecule has 2 N–H and O–H groups in total. The fourth-order valence-electron chi connectivity index (χ4n) is 1.51. The van der Waals surface area contributed by atoms with Crippen molar-refractivity contribution in [2.24, 2.45) is 11.1 Å². The van der Waals surface area contributed by atoms with Crippen molar-refractivity contribution in [2.75, 3.05) is 7.11 Å². The molecule has 1 atom stereocenters. The predicted molar refractivity (Wildman–Crippen MR) is 71.4 cm³/mol. The Bertz CT molecular complexity index is 394. The Kier molecular flexibility index (Phi) is 5.96. The molecule has 0 bridgehead atoms. The molecular formula is C12H17Cl2NO2. The lowest BCUT2D eigenvalue weighted by Gasteiger charge is -2.29. The topological polar surface area (TPSA) is 52.3 Å². The molecule has 0 aliphatic carbocycles. The number of carbonyl (C=O) groups is 1. The molecule has 1 aromatic rings. The van der Waals surface area contributed by atoms with E-state index < -0.39 is 11.5 Å². The number of rotatable bonds is 3. The van der Waals surface area contributed by atoms with E-state index in [1.54, 1.807) is 19.9 Å². The molecule has 5 heteroatoms. The third-order valence-corrected chi connectivity index (χ3v) is 3.07. The zero-order chi connectivity index (χ0) is 12.3. The van der Waals surface area contributed by atoms with E-state index in [2.05, 4.69) is 0 Å². The van der Waals surface area contributed by atoms with Crippen molar-refractivity contribution in [3.05, 3.63) is 34.9 Å². The largest absolute Gasteiger partial charge is 0.469 e. The molecule has 3 nitrogen and oxygen atoms in total. The summed E-state index contributed by atoms with van der Waals surface area (Å²) in [5, 5.41) is 0.562. The third kappa shape index (κ3) is 3.35. The SMILES string of the molecule is COC(=O)C(C)(C)[C@@H](N)c1ccccc1Cl.Cl. The van der Waals surface area contributed by atoms with E-state index >= 15 is 0 Å². The second kappa shape index (κ2) is 6.24. The molecule has 0 radical (unpaired) electrons. The Hall–Kier alpha value is -0.770. The van der Waals surface area contributed by atoms with E-state index in [0.29, 0.717) is 5.02 Å². The molecule has 0 heterocycles. The van der Waals surface area contributed by atoms with Crippen LogP contribution in [0.2, 0.25) is 5.02 Å². The van der Waals surface area contributed by atoms with Gasteiger partial charge < -0.3 is 10.5 Å². The van der Waals surface area contributed by atoms with Gasteiger partial charge >= 0.3 is 5.97 Å². The van der Waals surface area contributed by atoms with Gasteiger partial charge in [0.15, 0.2) is 0 Å². The van der Waals surface area contributed by atoms with E-state index in [1.165, 1.54) is 7.11 Å². The van der Waals surface area contributed by atoms with Crippen LogP contribution in [-0.2, 0) is 9.53 Å². The van der Waals surface area contributed by atoms with Crippen molar-refractivity contribution in [3.63, 3.8) is 0 Å². The second-order valence-electron chi connectivity index (χ2n) is 4.21. The Morgan fingerprint density at radius 1 is 1.41 bits per heavy atom. The summed E-state index contributed by atoms with van der Waals surface area (Å²) in [4.78, 5) is 11.6. The van der Waals surface area contributed by atoms with Crippen LogP contribution < -0.4 is 5.73 Å². The summed E-state index contributed by atoms with van der Waals surface area (Å²) in [5.74, 6) is -0.347. The van der Waals surface area contributed by atoms with E-state index in [0.717, 1.165) is 5.56 Å². The van der Waals surface area contributed by atoms with Crippen LogP contribution in [0.3, 0.4) is 0 Å². The number of ether oxygens (including phenoxy) is 1. The van der Waals surface area contributed by atoms with Gasteiger partial charge in [-0.05, 0) is 25.5 Å². The highest BCUT2D eigenvalue weighted by atomic mass is 35.5. The fraction of sp³-hybridized carbons (Fsp3) is 0.417. The lowest BCUT2D eigenvalue weighted by atomic mass is 9.81. The molecule has 0 aromatic heterocycles. The van der Waals surface area contributed by atoms with Gasteiger partial charge in [0, 0.05) is 11.1 Å². The molecule has 0 fully saturated rings. The number of halogens is 2. The van der Waals surface area contributed by atoms with Crippen LogP contribution >= 0.6 is 24.0 Å². The van der Waals surface area contributed by atoms with Gasteiger partial charge in [0.2, 0.25) is 0 Å². The molecule has 0 amide bonds. The first-order chi connectivity index (χ1) is 7.41. The number of benzene rings is 1. The lowest BCUT2D eigenvalue weighted by molar-refractivity contribution is -0.152. The van der Waals surface area contributed by atoms with Crippen molar-refractivity contribution in [3.8, 4) is 0 Å². The highest BCUT2D eigenvalue weighted by Gasteiger charge is 2.37. The molecule has 96 valence electrons. The molecule has 0 saturated heterocycles. The van der Waals surface area contributed by atoms with Crippen LogP contribution in [-0.4, -0.2) is 13.1 Å². The summed E-state index contributed by atoms with van der Waals surface area (Å²) in [6.07, 6.45) is 0. The Balaban J connectivity index is 0.00000256. The molecule has 0 aliphatic rings. The Morgan fingerprint density at radius 2 is 1.94 bits per heavy atom. The summed E-state index contributed by atoms with van der Waals surface area (Å²) in [6, 6.07) is 6.74. The molecule has 0 spiro atoms. The van der Waals surface area contributed by atoms with Crippen molar-refractivity contribution >= 4 is 30.0 Å². The Labute approximate surface area is 113 Å². The average Bonchev–Trinajstić information content (AvgIpc) is 2.27.